The summed E-state index contributed by atoms with van der Waals surface area (Å²) in [6.45, 7) is 10.4. The Balaban J connectivity index is 1.81. The van der Waals surface area contributed by atoms with Gasteiger partial charge in [-0.3, -0.25) is 9.59 Å². The average molecular weight is 480 g/mol. The summed E-state index contributed by atoms with van der Waals surface area (Å²) >= 11 is 0. The van der Waals surface area contributed by atoms with Gasteiger partial charge in [-0.2, -0.15) is 0 Å². The lowest BCUT2D eigenvalue weighted by molar-refractivity contribution is -0.143. The number of nitrogens with one attached hydrogen (secondary N) is 2. The highest BCUT2D eigenvalue weighted by molar-refractivity contribution is 5.93. The molecular weight excluding hydrogens is 438 g/mol. The predicted octanol–water partition coefficient (Wildman–Crippen LogP) is 2.42. The summed E-state index contributed by atoms with van der Waals surface area (Å²) in [7, 11) is 0. The first-order chi connectivity index (χ1) is 16.0. The van der Waals surface area contributed by atoms with Crippen molar-refractivity contribution in [3.05, 3.63) is 0 Å². The summed E-state index contributed by atoms with van der Waals surface area (Å²) < 4.78 is 11.1. The summed E-state index contributed by atoms with van der Waals surface area (Å²) in [6.07, 6.45) is 5.36. The van der Waals surface area contributed by atoms with Crippen LogP contribution in [-0.4, -0.2) is 72.6 Å². The number of aldehydes is 1. The van der Waals surface area contributed by atoms with Crippen molar-refractivity contribution in [2.45, 2.75) is 96.9 Å². The van der Waals surface area contributed by atoms with Gasteiger partial charge in [0.25, 0.3) is 0 Å². The molecule has 5 atom stereocenters. The number of piperidine rings is 1. The first-order valence-corrected chi connectivity index (χ1v) is 12.6. The monoisotopic (exact) mass is 479 g/mol. The quantitative estimate of drug-likeness (QED) is 0.588. The Kier molecular flexibility index (Phi) is 8.26. The van der Waals surface area contributed by atoms with Crippen LogP contribution in [0.4, 0.5) is 4.79 Å². The van der Waals surface area contributed by atoms with E-state index in [1.807, 2.05) is 0 Å². The molecule has 3 amide bonds. The van der Waals surface area contributed by atoms with Gasteiger partial charge in [0.05, 0.1) is 12.6 Å². The Labute approximate surface area is 202 Å². The highest BCUT2D eigenvalue weighted by Gasteiger charge is 2.69. The molecule has 0 unspecified atom stereocenters. The van der Waals surface area contributed by atoms with Crippen molar-refractivity contribution in [3.63, 3.8) is 0 Å². The first kappa shape index (κ1) is 26.4. The standard InChI is InChI=1S/C25H41N3O6/c1-24(2,3)34-23(32)27-18-15-33-12-10-8-6-7-9-11-16(14-29)26-21(30)20-19-17(25(19,4)5)13-28(20)22(18)31/h14,16-20H,6-13,15H2,1-5H3,(H,26,30)(H,27,32)/t16-,17-,18-,19-,20-/m0/s1. The molecule has 0 radical (unpaired) electrons. The number of ether oxygens (including phenoxy) is 2. The van der Waals surface area contributed by atoms with Crippen LogP contribution >= 0.6 is 0 Å². The number of carbonyl (C=O) groups excluding carboxylic acids is 4. The normalized spacial score (nSPS) is 32.7. The number of alkyl carbamates (subject to hydrolysis) is 1. The Hall–Kier alpha value is -2.16. The van der Waals surface area contributed by atoms with Crippen LogP contribution in [0.2, 0.25) is 0 Å². The summed E-state index contributed by atoms with van der Waals surface area (Å²) in [5.74, 6) is -0.436. The van der Waals surface area contributed by atoms with Crippen molar-refractivity contribution >= 4 is 24.2 Å². The molecule has 2 heterocycles. The molecule has 1 aliphatic carbocycles. The van der Waals surface area contributed by atoms with Crippen LogP contribution in [0.25, 0.3) is 0 Å². The maximum absolute atomic E-state index is 13.6. The molecular formula is C25H41N3O6. The third kappa shape index (κ3) is 6.29. The van der Waals surface area contributed by atoms with E-state index in [9.17, 15) is 19.2 Å². The van der Waals surface area contributed by atoms with Gasteiger partial charge >= 0.3 is 6.09 Å². The molecule has 1 saturated carbocycles. The lowest BCUT2D eigenvalue weighted by Crippen LogP contribution is -2.58. The number of hydrogen-bond acceptors (Lipinski definition) is 6. The van der Waals surface area contributed by atoms with Gasteiger partial charge < -0.3 is 29.8 Å². The molecule has 3 fully saturated rings. The Morgan fingerprint density at radius 1 is 1.18 bits per heavy atom. The van der Waals surface area contributed by atoms with Crippen molar-refractivity contribution < 1.29 is 28.7 Å². The average Bonchev–Trinajstić information content (AvgIpc) is 3.08. The van der Waals surface area contributed by atoms with E-state index in [-0.39, 0.29) is 35.7 Å². The molecule has 0 aromatic carbocycles. The van der Waals surface area contributed by atoms with Crippen LogP contribution in [0, 0.1) is 17.3 Å². The Morgan fingerprint density at radius 2 is 1.85 bits per heavy atom. The van der Waals surface area contributed by atoms with Crippen LogP contribution < -0.4 is 10.6 Å². The van der Waals surface area contributed by atoms with Gasteiger partial charge in [0.15, 0.2) is 0 Å². The van der Waals surface area contributed by atoms with Gasteiger partial charge in [0.2, 0.25) is 11.8 Å². The fourth-order valence-corrected chi connectivity index (χ4v) is 5.38. The number of carbonyl (C=O) groups is 4. The third-order valence-electron chi connectivity index (χ3n) is 7.33. The number of rotatable bonds is 2. The fourth-order valence-electron chi connectivity index (χ4n) is 5.38. The van der Waals surface area contributed by atoms with Gasteiger partial charge in [-0.15, -0.1) is 0 Å². The third-order valence-corrected chi connectivity index (χ3v) is 7.33. The minimum Gasteiger partial charge on any atom is -0.444 e. The van der Waals surface area contributed by atoms with Gasteiger partial charge in [-0.25, -0.2) is 4.79 Å². The van der Waals surface area contributed by atoms with E-state index in [1.54, 1.807) is 25.7 Å². The minimum absolute atomic E-state index is 0.0125. The second-order valence-corrected chi connectivity index (χ2v) is 11.5. The summed E-state index contributed by atoms with van der Waals surface area (Å²) in [4.78, 5) is 52.6. The van der Waals surface area contributed by atoms with Crippen molar-refractivity contribution in [1.82, 2.24) is 15.5 Å². The van der Waals surface area contributed by atoms with Crippen LogP contribution in [0.3, 0.4) is 0 Å². The van der Waals surface area contributed by atoms with Gasteiger partial charge in [-0.05, 0) is 50.9 Å². The molecule has 9 nitrogen and oxygen atoms in total. The number of amides is 3. The van der Waals surface area contributed by atoms with Crippen LogP contribution in [0.15, 0.2) is 0 Å². The molecule has 0 aromatic heterocycles. The van der Waals surface area contributed by atoms with Gasteiger partial charge in [0, 0.05) is 13.2 Å². The maximum Gasteiger partial charge on any atom is 0.408 e. The maximum atomic E-state index is 13.6. The molecule has 0 bridgehead atoms. The SMILES string of the molecule is CC(C)(C)OC(=O)N[C@H]1COCCCCCCC[C@@H](C=O)NC(=O)[C@@H]2[C@@H]3[C@H](CN2C1=O)C3(C)C. The Bertz CT molecular complexity index is 777. The van der Waals surface area contributed by atoms with Crippen molar-refractivity contribution in [2.75, 3.05) is 19.8 Å². The van der Waals surface area contributed by atoms with E-state index in [0.717, 1.165) is 38.4 Å². The number of nitrogens with zero attached hydrogens (tertiary/aromatic N) is 1. The topological polar surface area (TPSA) is 114 Å². The van der Waals surface area contributed by atoms with Crippen molar-refractivity contribution in [1.29, 1.82) is 0 Å². The van der Waals surface area contributed by atoms with Gasteiger partial charge in [-0.1, -0.05) is 39.5 Å². The van der Waals surface area contributed by atoms with Crippen LogP contribution in [0.5, 0.6) is 0 Å². The largest absolute Gasteiger partial charge is 0.444 e. The molecule has 192 valence electrons. The first-order valence-electron chi connectivity index (χ1n) is 12.6. The number of fused-ring (bicyclic) bond motifs is 3. The zero-order valence-electron chi connectivity index (χ0n) is 21.2. The molecule has 0 aromatic rings. The predicted molar refractivity (Wildman–Crippen MR) is 126 cm³/mol. The highest BCUT2D eigenvalue weighted by atomic mass is 16.6. The Morgan fingerprint density at radius 3 is 2.53 bits per heavy atom. The lowest BCUT2D eigenvalue weighted by Gasteiger charge is -2.33. The van der Waals surface area contributed by atoms with E-state index in [0.29, 0.717) is 19.6 Å². The van der Waals surface area contributed by atoms with E-state index in [1.165, 1.54) is 0 Å². The summed E-state index contributed by atoms with van der Waals surface area (Å²) in [6, 6.07) is -2.19. The van der Waals surface area contributed by atoms with Crippen LogP contribution in [0.1, 0.15) is 73.1 Å². The lowest BCUT2D eigenvalue weighted by atomic mass is 9.99. The summed E-state index contributed by atoms with van der Waals surface area (Å²) in [5, 5.41) is 5.54. The van der Waals surface area contributed by atoms with Gasteiger partial charge in [0.1, 0.15) is 24.0 Å². The molecule has 0 spiro atoms. The molecule has 2 saturated heterocycles. The number of hydrogen-bond donors (Lipinski definition) is 2. The van der Waals surface area contributed by atoms with Crippen LogP contribution in [-0.2, 0) is 23.9 Å². The molecule has 3 rings (SSSR count). The molecule has 2 aliphatic heterocycles. The van der Waals surface area contributed by atoms with E-state index in [4.69, 9.17) is 9.47 Å². The summed E-state index contributed by atoms with van der Waals surface area (Å²) in [5.41, 5.74) is -0.765. The molecule has 34 heavy (non-hydrogen) atoms. The molecule has 9 heteroatoms. The molecule has 2 N–H and O–H groups in total. The molecule has 3 aliphatic rings. The highest BCUT2D eigenvalue weighted by Crippen LogP contribution is 2.64. The zero-order valence-corrected chi connectivity index (χ0v) is 21.2. The van der Waals surface area contributed by atoms with Crippen molar-refractivity contribution in [3.8, 4) is 0 Å². The minimum atomic E-state index is -0.958. The second-order valence-electron chi connectivity index (χ2n) is 11.5. The smallest absolute Gasteiger partial charge is 0.408 e. The van der Waals surface area contributed by atoms with E-state index >= 15 is 0 Å². The van der Waals surface area contributed by atoms with Crippen molar-refractivity contribution in [2.24, 2.45) is 17.3 Å². The zero-order chi connectivity index (χ0) is 25.1. The fraction of sp³-hybridized carbons (Fsp3) is 0.840. The van der Waals surface area contributed by atoms with E-state index < -0.39 is 29.8 Å². The second kappa shape index (κ2) is 10.6. The van der Waals surface area contributed by atoms with E-state index in [2.05, 4.69) is 24.5 Å².